The van der Waals surface area contributed by atoms with Crippen molar-refractivity contribution in [3.63, 3.8) is 0 Å². The maximum atomic E-state index is 11.3. The zero-order valence-corrected chi connectivity index (χ0v) is 9.51. The average Bonchev–Trinajstić information content (AvgIpc) is 2.14. The third kappa shape index (κ3) is 2.69. The fraction of sp³-hybridized carbons (Fsp3) is 0.800. The van der Waals surface area contributed by atoms with Gasteiger partial charge in [-0.25, -0.2) is 0 Å². The molecule has 0 aromatic carbocycles. The lowest BCUT2D eigenvalue weighted by Gasteiger charge is -2.38. The van der Waals surface area contributed by atoms with Crippen LogP contribution in [0.25, 0.3) is 0 Å². The molecule has 2 saturated heterocycles. The number of halogens is 1. The van der Waals surface area contributed by atoms with Gasteiger partial charge in [0.05, 0.1) is 13.0 Å². The molecule has 0 amide bonds. The first-order chi connectivity index (χ1) is 6.69. The van der Waals surface area contributed by atoms with E-state index < -0.39 is 0 Å². The van der Waals surface area contributed by atoms with Gasteiger partial charge in [0.2, 0.25) is 0 Å². The molecular formula is C10H16ClNO3. The van der Waals surface area contributed by atoms with Gasteiger partial charge in [-0.15, -0.1) is 12.4 Å². The van der Waals surface area contributed by atoms with Gasteiger partial charge in [0.25, 0.3) is 0 Å². The van der Waals surface area contributed by atoms with Crippen LogP contribution in [0.3, 0.4) is 0 Å². The molecule has 2 fully saturated rings. The standard InChI is InChI=1S/C10H15NO3.ClH/c1-14-10(13)6-2-7-4-9(12)5-8(3-6)11-7;/h6-8,11H,2-5H2,1H3;1H/t6?,7-,8+;. The topological polar surface area (TPSA) is 55.4 Å². The smallest absolute Gasteiger partial charge is 0.308 e. The van der Waals surface area contributed by atoms with Crippen molar-refractivity contribution in [2.24, 2.45) is 5.92 Å². The van der Waals surface area contributed by atoms with Crippen molar-refractivity contribution < 1.29 is 14.3 Å². The molecule has 1 N–H and O–H groups in total. The minimum Gasteiger partial charge on any atom is -0.469 e. The predicted molar refractivity (Wildman–Crippen MR) is 56.9 cm³/mol. The Balaban J connectivity index is 0.00000112. The van der Waals surface area contributed by atoms with Crippen LogP contribution in [-0.2, 0) is 14.3 Å². The summed E-state index contributed by atoms with van der Waals surface area (Å²) >= 11 is 0. The number of ether oxygens (including phenoxy) is 1. The fourth-order valence-corrected chi connectivity index (χ4v) is 2.53. The first-order valence-electron chi connectivity index (χ1n) is 5.04. The predicted octanol–water partition coefficient (Wildman–Crippen LogP) is 0.681. The van der Waals surface area contributed by atoms with E-state index in [1.807, 2.05) is 0 Å². The Labute approximate surface area is 95.2 Å². The monoisotopic (exact) mass is 233 g/mol. The van der Waals surface area contributed by atoms with Gasteiger partial charge in [-0.3, -0.25) is 9.59 Å². The Morgan fingerprint density at radius 3 is 2.33 bits per heavy atom. The molecule has 0 aromatic rings. The summed E-state index contributed by atoms with van der Waals surface area (Å²) in [4.78, 5) is 22.6. The summed E-state index contributed by atoms with van der Waals surface area (Å²) in [6.07, 6.45) is 2.64. The number of Topliss-reactive ketones (excluding diaryl/α,β-unsaturated/α-hetero) is 1. The molecule has 4 nitrogen and oxygen atoms in total. The van der Waals surface area contributed by atoms with E-state index in [4.69, 9.17) is 4.74 Å². The summed E-state index contributed by atoms with van der Waals surface area (Å²) in [5.41, 5.74) is 0. The summed E-state index contributed by atoms with van der Waals surface area (Å²) < 4.78 is 4.73. The molecule has 2 bridgehead atoms. The maximum absolute atomic E-state index is 11.3. The van der Waals surface area contributed by atoms with E-state index in [-0.39, 0.29) is 36.4 Å². The van der Waals surface area contributed by atoms with Crippen LogP contribution >= 0.6 is 12.4 Å². The van der Waals surface area contributed by atoms with Crippen LogP contribution in [0.2, 0.25) is 0 Å². The van der Waals surface area contributed by atoms with E-state index in [1.54, 1.807) is 0 Å². The van der Waals surface area contributed by atoms with Crippen LogP contribution in [0, 0.1) is 5.92 Å². The summed E-state index contributed by atoms with van der Waals surface area (Å²) in [7, 11) is 1.42. The minimum absolute atomic E-state index is 0. The number of hydrogen-bond donors (Lipinski definition) is 1. The van der Waals surface area contributed by atoms with Crippen molar-refractivity contribution in [1.82, 2.24) is 5.32 Å². The van der Waals surface area contributed by atoms with Gasteiger partial charge < -0.3 is 10.1 Å². The van der Waals surface area contributed by atoms with Gasteiger partial charge in [-0.05, 0) is 12.8 Å². The average molecular weight is 234 g/mol. The van der Waals surface area contributed by atoms with Crippen molar-refractivity contribution >= 4 is 24.2 Å². The highest BCUT2D eigenvalue weighted by Gasteiger charge is 2.37. The lowest BCUT2D eigenvalue weighted by atomic mass is 9.80. The van der Waals surface area contributed by atoms with Crippen LogP contribution in [-0.4, -0.2) is 30.9 Å². The van der Waals surface area contributed by atoms with E-state index in [2.05, 4.69) is 5.32 Å². The molecule has 0 saturated carbocycles. The van der Waals surface area contributed by atoms with E-state index in [1.165, 1.54) is 7.11 Å². The maximum Gasteiger partial charge on any atom is 0.308 e. The quantitative estimate of drug-likeness (QED) is 0.677. The molecule has 2 aliphatic rings. The van der Waals surface area contributed by atoms with Crippen molar-refractivity contribution in [2.75, 3.05) is 7.11 Å². The Hall–Kier alpha value is -0.610. The van der Waals surface area contributed by atoms with E-state index in [0.29, 0.717) is 18.6 Å². The molecule has 5 heteroatoms. The van der Waals surface area contributed by atoms with Gasteiger partial charge in [0.15, 0.2) is 0 Å². The number of carbonyl (C=O) groups excluding carboxylic acids is 2. The van der Waals surface area contributed by atoms with Crippen LogP contribution < -0.4 is 5.32 Å². The van der Waals surface area contributed by atoms with Gasteiger partial charge >= 0.3 is 5.97 Å². The number of carbonyl (C=O) groups is 2. The summed E-state index contributed by atoms with van der Waals surface area (Å²) in [6, 6.07) is 0.387. The summed E-state index contributed by atoms with van der Waals surface area (Å²) in [5.74, 6) is 0.183. The molecule has 2 aliphatic heterocycles. The fourth-order valence-electron chi connectivity index (χ4n) is 2.53. The van der Waals surface area contributed by atoms with Crippen LogP contribution in [0.5, 0.6) is 0 Å². The summed E-state index contributed by atoms with van der Waals surface area (Å²) in [6.45, 7) is 0. The third-order valence-electron chi connectivity index (χ3n) is 3.09. The van der Waals surface area contributed by atoms with Gasteiger partial charge in [-0.2, -0.15) is 0 Å². The highest BCUT2D eigenvalue weighted by atomic mass is 35.5. The van der Waals surface area contributed by atoms with Crippen LogP contribution in [0.1, 0.15) is 25.7 Å². The number of nitrogens with one attached hydrogen (secondary N) is 1. The minimum atomic E-state index is -0.129. The van der Waals surface area contributed by atoms with Crippen molar-refractivity contribution in [1.29, 1.82) is 0 Å². The van der Waals surface area contributed by atoms with Crippen LogP contribution in [0.15, 0.2) is 0 Å². The number of methoxy groups -OCH3 is 1. The van der Waals surface area contributed by atoms with Crippen molar-refractivity contribution in [2.45, 2.75) is 37.8 Å². The SMILES string of the molecule is COC(=O)C1C[C@H]2CC(=O)C[C@@H](C1)N2.Cl. The number of hydrogen-bond acceptors (Lipinski definition) is 4. The van der Waals surface area contributed by atoms with E-state index in [9.17, 15) is 9.59 Å². The molecule has 0 radical (unpaired) electrons. The molecule has 15 heavy (non-hydrogen) atoms. The molecule has 3 atom stereocenters. The normalized spacial score (nSPS) is 34.2. The Morgan fingerprint density at radius 1 is 1.33 bits per heavy atom. The van der Waals surface area contributed by atoms with Crippen molar-refractivity contribution in [3.05, 3.63) is 0 Å². The molecule has 1 unspecified atom stereocenters. The third-order valence-corrected chi connectivity index (χ3v) is 3.09. The second kappa shape index (κ2) is 4.94. The number of rotatable bonds is 1. The van der Waals surface area contributed by atoms with E-state index >= 15 is 0 Å². The molecule has 0 spiro atoms. The highest BCUT2D eigenvalue weighted by Crippen LogP contribution is 2.28. The van der Waals surface area contributed by atoms with Crippen LogP contribution in [0.4, 0.5) is 0 Å². The highest BCUT2D eigenvalue weighted by molar-refractivity contribution is 5.85. The molecule has 0 aromatic heterocycles. The first-order valence-corrected chi connectivity index (χ1v) is 5.04. The second-order valence-electron chi connectivity index (χ2n) is 4.20. The Bertz CT molecular complexity index is 253. The molecule has 2 rings (SSSR count). The largest absolute Gasteiger partial charge is 0.469 e. The second-order valence-corrected chi connectivity index (χ2v) is 4.20. The Morgan fingerprint density at radius 2 is 1.87 bits per heavy atom. The number of fused-ring (bicyclic) bond motifs is 2. The van der Waals surface area contributed by atoms with Gasteiger partial charge in [-0.1, -0.05) is 0 Å². The zero-order chi connectivity index (χ0) is 10.1. The number of esters is 1. The van der Waals surface area contributed by atoms with Gasteiger partial charge in [0.1, 0.15) is 5.78 Å². The molecule has 0 aliphatic carbocycles. The lowest BCUT2D eigenvalue weighted by molar-refractivity contribution is -0.148. The van der Waals surface area contributed by atoms with Crippen molar-refractivity contribution in [3.8, 4) is 0 Å². The number of ketones is 1. The Kier molecular flexibility index (Phi) is 4.11. The lowest BCUT2D eigenvalue weighted by Crippen LogP contribution is -2.52. The first kappa shape index (κ1) is 12.5. The summed E-state index contributed by atoms with van der Waals surface area (Å²) in [5, 5.41) is 3.36. The van der Waals surface area contributed by atoms with E-state index in [0.717, 1.165) is 12.8 Å². The number of piperidine rings is 2. The van der Waals surface area contributed by atoms with Gasteiger partial charge in [0, 0.05) is 24.9 Å². The molecular weight excluding hydrogens is 218 g/mol. The molecule has 86 valence electrons. The molecule has 2 heterocycles. The zero-order valence-electron chi connectivity index (χ0n) is 8.69.